The van der Waals surface area contributed by atoms with Crippen molar-refractivity contribution in [3.63, 3.8) is 0 Å². The van der Waals surface area contributed by atoms with E-state index in [1.54, 1.807) is 0 Å². The second kappa shape index (κ2) is 5.70. The Bertz CT molecular complexity index is 103. The maximum absolute atomic E-state index is 3.72. The Morgan fingerprint density at radius 1 is 1.27 bits per heavy atom. The SMILES string of the molecule is C=CCSCC1CCCCC1. The van der Waals surface area contributed by atoms with Gasteiger partial charge in [0.05, 0.1) is 0 Å². The maximum Gasteiger partial charge on any atom is 0.0110 e. The molecule has 1 saturated carbocycles. The standard InChI is InChI=1S/C10H18S/c1-2-8-11-9-10-6-4-3-5-7-10/h2,10H,1,3-9H2. The number of hydrogen-bond acceptors (Lipinski definition) is 1. The Balaban J connectivity index is 2.00. The van der Waals surface area contributed by atoms with Crippen molar-refractivity contribution >= 4 is 11.8 Å². The van der Waals surface area contributed by atoms with Crippen LogP contribution >= 0.6 is 11.8 Å². The van der Waals surface area contributed by atoms with Crippen LogP contribution in [-0.4, -0.2) is 11.5 Å². The summed E-state index contributed by atoms with van der Waals surface area (Å²) in [6.07, 6.45) is 9.38. The predicted octanol–water partition coefficient (Wildman–Crippen LogP) is 3.49. The third-order valence-electron chi connectivity index (χ3n) is 2.31. The molecule has 1 rings (SSSR count). The summed E-state index contributed by atoms with van der Waals surface area (Å²) in [4.78, 5) is 0. The zero-order valence-electron chi connectivity index (χ0n) is 7.22. The molecule has 0 amide bonds. The fraction of sp³-hybridized carbons (Fsp3) is 0.800. The van der Waals surface area contributed by atoms with Crippen molar-refractivity contribution in [2.45, 2.75) is 32.1 Å². The average Bonchev–Trinajstić information content (AvgIpc) is 2.07. The third-order valence-corrected chi connectivity index (χ3v) is 3.49. The first kappa shape index (κ1) is 9.18. The molecule has 0 aromatic rings. The van der Waals surface area contributed by atoms with Gasteiger partial charge in [0, 0.05) is 5.75 Å². The smallest absolute Gasteiger partial charge is 0.0110 e. The Hall–Kier alpha value is 0.0900. The zero-order valence-corrected chi connectivity index (χ0v) is 8.04. The normalized spacial score (nSPS) is 20.0. The molecule has 0 aromatic heterocycles. The quantitative estimate of drug-likeness (QED) is 0.460. The van der Waals surface area contributed by atoms with Crippen molar-refractivity contribution < 1.29 is 0 Å². The summed E-state index contributed by atoms with van der Waals surface area (Å²) in [6.45, 7) is 3.72. The molecule has 1 fully saturated rings. The summed E-state index contributed by atoms with van der Waals surface area (Å²) in [6, 6.07) is 0. The third kappa shape index (κ3) is 3.85. The minimum Gasteiger partial charge on any atom is -0.158 e. The molecule has 0 radical (unpaired) electrons. The van der Waals surface area contributed by atoms with E-state index in [1.807, 2.05) is 17.8 Å². The monoisotopic (exact) mass is 170 g/mol. The fourth-order valence-corrected chi connectivity index (χ4v) is 2.64. The molecule has 0 saturated heterocycles. The summed E-state index contributed by atoms with van der Waals surface area (Å²) in [5.41, 5.74) is 0. The molecular formula is C10H18S. The van der Waals surface area contributed by atoms with Gasteiger partial charge in [0.1, 0.15) is 0 Å². The van der Waals surface area contributed by atoms with E-state index < -0.39 is 0 Å². The van der Waals surface area contributed by atoms with E-state index in [0.717, 1.165) is 11.7 Å². The Morgan fingerprint density at radius 2 is 2.00 bits per heavy atom. The highest BCUT2D eigenvalue weighted by atomic mass is 32.2. The van der Waals surface area contributed by atoms with Crippen molar-refractivity contribution in [2.75, 3.05) is 11.5 Å². The van der Waals surface area contributed by atoms with E-state index >= 15 is 0 Å². The van der Waals surface area contributed by atoms with Gasteiger partial charge in [-0.15, -0.1) is 6.58 Å². The first-order chi connectivity index (χ1) is 5.43. The first-order valence-corrected chi connectivity index (χ1v) is 5.77. The van der Waals surface area contributed by atoms with Crippen LogP contribution in [0.5, 0.6) is 0 Å². The van der Waals surface area contributed by atoms with Crippen LogP contribution in [0, 0.1) is 5.92 Å². The summed E-state index contributed by atoms with van der Waals surface area (Å²) in [7, 11) is 0. The maximum atomic E-state index is 3.72. The van der Waals surface area contributed by atoms with E-state index in [9.17, 15) is 0 Å². The van der Waals surface area contributed by atoms with Gasteiger partial charge in [-0.3, -0.25) is 0 Å². The Morgan fingerprint density at radius 3 is 2.64 bits per heavy atom. The molecule has 0 spiro atoms. The van der Waals surface area contributed by atoms with Crippen molar-refractivity contribution in [1.29, 1.82) is 0 Å². The van der Waals surface area contributed by atoms with Gasteiger partial charge in [0.15, 0.2) is 0 Å². The molecule has 11 heavy (non-hydrogen) atoms. The highest BCUT2D eigenvalue weighted by Gasteiger charge is 2.12. The molecule has 64 valence electrons. The molecule has 1 aliphatic carbocycles. The van der Waals surface area contributed by atoms with Crippen molar-refractivity contribution in [2.24, 2.45) is 5.92 Å². The van der Waals surface area contributed by atoms with Gasteiger partial charge in [-0.05, 0) is 24.5 Å². The van der Waals surface area contributed by atoms with Gasteiger partial charge in [0.2, 0.25) is 0 Å². The molecule has 1 heteroatoms. The lowest BCUT2D eigenvalue weighted by Crippen LogP contribution is -2.08. The largest absolute Gasteiger partial charge is 0.158 e. The van der Waals surface area contributed by atoms with E-state index in [0.29, 0.717) is 0 Å². The second-order valence-corrected chi connectivity index (χ2v) is 4.41. The zero-order chi connectivity index (χ0) is 7.94. The van der Waals surface area contributed by atoms with E-state index in [2.05, 4.69) is 6.58 Å². The fourth-order valence-electron chi connectivity index (χ4n) is 1.67. The topological polar surface area (TPSA) is 0 Å². The molecule has 0 aromatic carbocycles. The van der Waals surface area contributed by atoms with Crippen molar-refractivity contribution in [1.82, 2.24) is 0 Å². The van der Waals surface area contributed by atoms with Crippen LogP contribution in [0.15, 0.2) is 12.7 Å². The summed E-state index contributed by atoms with van der Waals surface area (Å²) < 4.78 is 0. The summed E-state index contributed by atoms with van der Waals surface area (Å²) in [5, 5.41) is 0. The predicted molar refractivity (Wildman–Crippen MR) is 54.1 cm³/mol. The van der Waals surface area contributed by atoms with Crippen LogP contribution in [-0.2, 0) is 0 Å². The van der Waals surface area contributed by atoms with Crippen LogP contribution in [0.4, 0.5) is 0 Å². The van der Waals surface area contributed by atoms with E-state index in [4.69, 9.17) is 0 Å². The lowest BCUT2D eigenvalue weighted by atomic mass is 9.91. The van der Waals surface area contributed by atoms with E-state index in [1.165, 1.54) is 37.9 Å². The van der Waals surface area contributed by atoms with Gasteiger partial charge in [-0.1, -0.05) is 25.3 Å². The average molecular weight is 170 g/mol. The van der Waals surface area contributed by atoms with Gasteiger partial charge in [-0.2, -0.15) is 11.8 Å². The van der Waals surface area contributed by atoms with Crippen LogP contribution in [0.2, 0.25) is 0 Å². The molecule has 0 unspecified atom stereocenters. The minimum absolute atomic E-state index is 1.02. The highest BCUT2D eigenvalue weighted by Crippen LogP contribution is 2.26. The molecule has 0 aliphatic heterocycles. The van der Waals surface area contributed by atoms with Crippen LogP contribution in [0.3, 0.4) is 0 Å². The van der Waals surface area contributed by atoms with Crippen molar-refractivity contribution in [3.8, 4) is 0 Å². The summed E-state index contributed by atoms with van der Waals surface area (Å²) in [5.74, 6) is 3.52. The van der Waals surface area contributed by atoms with Gasteiger partial charge in [-0.25, -0.2) is 0 Å². The van der Waals surface area contributed by atoms with Gasteiger partial charge in [0.25, 0.3) is 0 Å². The Labute approximate surface area is 74.5 Å². The van der Waals surface area contributed by atoms with Crippen LogP contribution in [0.25, 0.3) is 0 Å². The molecule has 0 N–H and O–H groups in total. The molecule has 0 nitrogen and oxygen atoms in total. The van der Waals surface area contributed by atoms with Crippen molar-refractivity contribution in [3.05, 3.63) is 12.7 Å². The number of thioether (sulfide) groups is 1. The number of rotatable bonds is 4. The van der Waals surface area contributed by atoms with Gasteiger partial charge < -0.3 is 0 Å². The first-order valence-electron chi connectivity index (χ1n) is 4.62. The lowest BCUT2D eigenvalue weighted by Gasteiger charge is -2.20. The molecular weight excluding hydrogens is 152 g/mol. The second-order valence-electron chi connectivity index (χ2n) is 3.33. The number of hydrogen-bond donors (Lipinski definition) is 0. The highest BCUT2D eigenvalue weighted by molar-refractivity contribution is 7.99. The minimum atomic E-state index is 1.02. The molecule has 0 atom stereocenters. The Kier molecular flexibility index (Phi) is 4.76. The van der Waals surface area contributed by atoms with Crippen LogP contribution < -0.4 is 0 Å². The summed E-state index contributed by atoms with van der Waals surface area (Å²) >= 11 is 2.04. The molecule has 1 aliphatic rings. The van der Waals surface area contributed by atoms with Crippen LogP contribution in [0.1, 0.15) is 32.1 Å². The van der Waals surface area contributed by atoms with E-state index in [-0.39, 0.29) is 0 Å². The van der Waals surface area contributed by atoms with Gasteiger partial charge >= 0.3 is 0 Å². The lowest BCUT2D eigenvalue weighted by molar-refractivity contribution is 0.391. The molecule has 0 bridgehead atoms. The molecule has 0 heterocycles.